The summed E-state index contributed by atoms with van der Waals surface area (Å²) in [5.41, 5.74) is 0.830. The Morgan fingerprint density at radius 3 is 2.56 bits per heavy atom. The van der Waals surface area contributed by atoms with Crippen molar-refractivity contribution >= 4 is 27.6 Å². The number of carbonyl (C=O) groups excluding carboxylic acids is 1. The molecule has 0 unspecified atom stereocenters. The molecular formula is C12H15BrN2O. The van der Waals surface area contributed by atoms with Crippen LogP contribution in [0.5, 0.6) is 0 Å². The molecule has 0 bridgehead atoms. The third kappa shape index (κ3) is 1.82. The van der Waals surface area contributed by atoms with Crippen molar-refractivity contribution in [1.82, 2.24) is 4.90 Å². The van der Waals surface area contributed by atoms with Gasteiger partial charge in [-0.05, 0) is 32.0 Å². The highest BCUT2D eigenvalue weighted by atomic mass is 79.9. The van der Waals surface area contributed by atoms with Crippen molar-refractivity contribution in [3.05, 3.63) is 28.7 Å². The summed E-state index contributed by atoms with van der Waals surface area (Å²) in [5.74, 6) is 0. The number of hydrogen-bond donors (Lipinski definition) is 0. The quantitative estimate of drug-likeness (QED) is 0.777. The fourth-order valence-corrected chi connectivity index (χ4v) is 2.23. The van der Waals surface area contributed by atoms with E-state index in [0.717, 1.165) is 16.7 Å². The van der Waals surface area contributed by atoms with E-state index in [2.05, 4.69) is 29.8 Å². The molecule has 3 nitrogen and oxygen atoms in total. The number of amides is 2. The molecular weight excluding hydrogens is 268 g/mol. The fraction of sp³-hybridized carbons (Fsp3) is 0.417. The van der Waals surface area contributed by atoms with Gasteiger partial charge in [0.2, 0.25) is 0 Å². The SMILES string of the molecule is CN1C(=O)N(c2cccc(Br)c2)CC1(C)C. The predicted octanol–water partition coefficient (Wildman–Crippen LogP) is 3.10. The van der Waals surface area contributed by atoms with Crippen LogP contribution in [0.4, 0.5) is 10.5 Å². The molecule has 1 saturated heterocycles. The summed E-state index contributed by atoms with van der Waals surface area (Å²) in [6.45, 7) is 4.87. The van der Waals surface area contributed by atoms with E-state index in [4.69, 9.17) is 0 Å². The third-order valence-corrected chi connectivity index (χ3v) is 3.58. The summed E-state index contributed by atoms with van der Waals surface area (Å²) < 4.78 is 0.991. The molecule has 0 N–H and O–H groups in total. The first-order chi connectivity index (χ1) is 7.42. The lowest BCUT2D eigenvalue weighted by Gasteiger charge is -2.24. The van der Waals surface area contributed by atoms with Gasteiger partial charge in [-0.2, -0.15) is 0 Å². The molecule has 1 aromatic rings. The highest BCUT2D eigenvalue weighted by Crippen LogP contribution is 2.30. The number of nitrogens with zero attached hydrogens (tertiary/aromatic N) is 2. The molecule has 1 fully saturated rings. The normalized spacial score (nSPS) is 19.4. The molecule has 0 atom stereocenters. The van der Waals surface area contributed by atoms with E-state index in [0.29, 0.717) is 0 Å². The molecule has 4 heteroatoms. The summed E-state index contributed by atoms with van der Waals surface area (Å²) in [7, 11) is 1.85. The van der Waals surface area contributed by atoms with Crippen molar-refractivity contribution < 1.29 is 4.79 Å². The number of hydrogen-bond acceptors (Lipinski definition) is 1. The van der Waals surface area contributed by atoms with Crippen LogP contribution in [0.15, 0.2) is 28.7 Å². The molecule has 0 spiro atoms. The monoisotopic (exact) mass is 282 g/mol. The van der Waals surface area contributed by atoms with Crippen molar-refractivity contribution in [2.75, 3.05) is 18.5 Å². The van der Waals surface area contributed by atoms with Crippen LogP contribution in [0, 0.1) is 0 Å². The first-order valence-electron chi connectivity index (χ1n) is 5.23. The fourth-order valence-electron chi connectivity index (χ4n) is 1.85. The van der Waals surface area contributed by atoms with Crippen molar-refractivity contribution in [2.45, 2.75) is 19.4 Å². The number of carbonyl (C=O) groups is 1. The van der Waals surface area contributed by atoms with Gasteiger partial charge in [-0.25, -0.2) is 4.79 Å². The van der Waals surface area contributed by atoms with Gasteiger partial charge in [-0.3, -0.25) is 4.90 Å². The number of anilines is 1. The molecule has 2 rings (SSSR count). The minimum Gasteiger partial charge on any atom is -0.320 e. The number of urea groups is 1. The molecule has 1 aliphatic rings. The van der Waals surface area contributed by atoms with E-state index >= 15 is 0 Å². The maximum absolute atomic E-state index is 12.1. The second-order valence-electron chi connectivity index (χ2n) is 4.72. The van der Waals surface area contributed by atoms with E-state index in [-0.39, 0.29) is 11.6 Å². The Labute approximate surface area is 104 Å². The highest BCUT2D eigenvalue weighted by molar-refractivity contribution is 9.10. The Morgan fingerprint density at radius 2 is 2.06 bits per heavy atom. The number of likely N-dealkylation sites (N-methyl/N-ethyl adjacent to an activating group) is 1. The second kappa shape index (κ2) is 3.77. The topological polar surface area (TPSA) is 23.6 Å². The summed E-state index contributed by atoms with van der Waals surface area (Å²) in [6, 6.07) is 7.88. The minimum absolute atomic E-state index is 0.0584. The summed E-state index contributed by atoms with van der Waals surface area (Å²) in [4.78, 5) is 15.7. The summed E-state index contributed by atoms with van der Waals surface area (Å²) in [6.07, 6.45) is 0. The van der Waals surface area contributed by atoms with Crippen molar-refractivity contribution in [2.24, 2.45) is 0 Å². The second-order valence-corrected chi connectivity index (χ2v) is 5.64. The van der Waals surface area contributed by atoms with Gasteiger partial charge in [0.05, 0.1) is 12.1 Å². The van der Waals surface area contributed by atoms with Gasteiger partial charge in [0.15, 0.2) is 0 Å². The first kappa shape index (κ1) is 11.5. The van der Waals surface area contributed by atoms with Crippen LogP contribution in [0.2, 0.25) is 0 Å². The molecule has 0 saturated carbocycles. The standard InChI is InChI=1S/C12H15BrN2O/c1-12(2)8-15(11(16)14(12)3)10-6-4-5-9(13)7-10/h4-7H,8H2,1-3H3. The molecule has 0 radical (unpaired) electrons. The van der Waals surface area contributed by atoms with E-state index in [9.17, 15) is 4.79 Å². The van der Waals surface area contributed by atoms with Crippen molar-refractivity contribution in [1.29, 1.82) is 0 Å². The van der Waals surface area contributed by atoms with Crippen molar-refractivity contribution in [3.63, 3.8) is 0 Å². The van der Waals surface area contributed by atoms with Crippen LogP contribution < -0.4 is 4.90 Å². The third-order valence-electron chi connectivity index (χ3n) is 3.09. The van der Waals surface area contributed by atoms with Gasteiger partial charge in [0, 0.05) is 17.2 Å². The molecule has 1 aliphatic heterocycles. The minimum atomic E-state index is -0.112. The first-order valence-corrected chi connectivity index (χ1v) is 6.02. The Balaban J connectivity index is 2.34. The van der Waals surface area contributed by atoms with Crippen LogP contribution in [-0.4, -0.2) is 30.1 Å². The Hall–Kier alpha value is -1.03. The molecule has 2 amide bonds. The van der Waals surface area contributed by atoms with Gasteiger partial charge >= 0.3 is 6.03 Å². The van der Waals surface area contributed by atoms with Crippen LogP contribution >= 0.6 is 15.9 Å². The van der Waals surface area contributed by atoms with E-state index < -0.39 is 0 Å². The zero-order chi connectivity index (χ0) is 11.9. The lowest BCUT2D eigenvalue weighted by atomic mass is 10.1. The molecule has 86 valence electrons. The zero-order valence-corrected chi connectivity index (χ0v) is 11.3. The average molecular weight is 283 g/mol. The average Bonchev–Trinajstić information content (AvgIpc) is 2.42. The van der Waals surface area contributed by atoms with Gasteiger partial charge < -0.3 is 4.90 Å². The lowest BCUT2D eigenvalue weighted by Crippen LogP contribution is -2.38. The predicted molar refractivity (Wildman–Crippen MR) is 68.7 cm³/mol. The van der Waals surface area contributed by atoms with Gasteiger partial charge in [-0.15, -0.1) is 0 Å². The number of rotatable bonds is 1. The van der Waals surface area contributed by atoms with E-state index in [1.165, 1.54) is 0 Å². The lowest BCUT2D eigenvalue weighted by molar-refractivity contribution is 0.198. The maximum Gasteiger partial charge on any atom is 0.324 e. The molecule has 1 heterocycles. The molecule has 0 aliphatic carbocycles. The molecule has 1 aromatic carbocycles. The van der Waals surface area contributed by atoms with E-state index in [1.54, 1.807) is 4.90 Å². The van der Waals surface area contributed by atoms with Crippen LogP contribution in [0.3, 0.4) is 0 Å². The summed E-state index contributed by atoms with van der Waals surface area (Å²) >= 11 is 3.42. The largest absolute Gasteiger partial charge is 0.324 e. The maximum atomic E-state index is 12.1. The van der Waals surface area contributed by atoms with Gasteiger partial charge in [0.25, 0.3) is 0 Å². The number of halogens is 1. The van der Waals surface area contributed by atoms with Gasteiger partial charge in [-0.1, -0.05) is 22.0 Å². The smallest absolute Gasteiger partial charge is 0.320 e. The summed E-state index contributed by atoms with van der Waals surface area (Å²) in [5, 5.41) is 0. The Kier molecular flexibility index (Phi) is 2.70. The Bertz CT molecular complexity index is 431. The molecule has 0 aromatic heterocycles. The van der Waals surface area contributed by atoms with Crippen LogP contribution in [0.25, 0.3) is 0 Å². The van der Waals surface area contributed by atoms with Crippen molar-refractivity contribution in [3.8, 4) is 0 Å². The highest BCUT2D eigenvalue weighted by Gasteiger charge is 2.41. The van der Waals surface area contributed by atoms with Crippen LogP contribution in [-0.2, 0) is 0 Å². The zero-order valence-electron chi connectivity index (χ0n) is 9.70. The molecule has 16 heavy (non-hydrogen) atoms. The number of benzene rings is 1. The van der Waals surface area contributed by atoms with Gasteiger partial charge in [0.1, 0.15) is 0 Å². The Morgan fingerprint density at radius 1 is 1.38 bits per heavy atom. The van der Waals surface area contributed by atoms with E-state index in [1.807, 2.05) is 36.2 Å². The van der Waals surface area contributed by atoms with Crippen LogP contribution in [0.1, 0.15) is 13.8 Å².